The number of rotatable bonds is 3. The van der Waals surface area contributed by atoms with E-state index in [1.807, 2.05) is 0 Å². The molecule has 1 aromatic rings. The Morgan fingerprint density at radius 1 is 1.29 bits per heavy atom. The number of hydrogen-bond donors (Lipinski definition) is 0. The molecule has 2 bridgehead atoms. The molecule has 0 saturated carbocycles. The highest BCUT2D eigenvalue weighted by atomic mass is 16.5. The molecule has 0 N–H and O–H groups in total. The van der Waals surface area contributed by atoms with Crippen molar-refractivity contribution in [2.24, 2.45) is 5.92 Å². The van der Waals surface area contributed by atoms with Crippen molar-refractivity contribution in [3.63, 3.8) is 0 Å². The lowest BCUT2D eigenvalue weighted by molar-refractivity contribution is -0.134. The van der Waals surface area contributed by atoms with E-state index in [9.17, 15) is 4.79 Å². The summed E-state index contributed by atoms with van der Waals surface area (Å²) in [6.07, 6.45) is 7.35. The van der Waals surface area contributed by atoms with Gasteiger partial charge in [0.15, 0.2) is 0 Å². The summed E-state index contributed by atoms with van der Waals surface area (Å²) in [7, 11) is 3.66. The van der Waals surface area contributed by atoms with Crippen molar-refractivity contribution in [1.82, 2.24) is 4.90 Å². The predicted octanol–water partition coefficient (Wildman–Crippen LogP) is 2.98. The topological polar surface area (TPSA) is 29.5 Å². The Morgan fingerprint density at radius 3 is 2.76 bits per heavy atom. The minimum Gasteiger partial charge on any atom is -0.466 e. The fourth-order valence-electron chi connectivity index (χ4n) is 4.09. The third kappa shape index (κ3) is 2.75. The number of esters is 1. The van der Waals surface area contributed by atoms with Crippen LogP contribution in [0.25, 0.3) is 0 Å². The van der Waals surface area contributed by atoms with E-state index in [1.165, 1.54) is 31.9 Å². The lowest BCUT2D eigenvalue weighted by atomic mass is 9.76. The minimum atomic E-state index is -0.260. The molecule has 0 radical (unpaired) electrons. The average molecular weight is 285 g/mol. The van der Waals surface area contributed by atoms with Crippen LogP contribution in [-0.2, 0) is 9.53 Å². The third-order valence-electron chi connectivity index (χ3n) is 5.21. The van der Waals surface area contributed by atoms with Gasteiger partial charge in [0.05, 0.1) is 7.11 Å². The maximum atomic E-state index is 11.5. The quantitative estimate of drug-likeness (QED) is 0.631. The van der Waals surface area contributed by atoms with E-state index in [0.29, 0.717) is 23.9 Å². The number of hydrogen-bond acceptors (Lipinski definition) is 3. The molecule has 3 heteroatoms. The second-order valence-corrected chi connectivity index (χ2v) is 6.18. The van der Waals surface area contributed by atoms with Gasteiger partial charge in [-0.1, -0.05) is 36.4 Å². The number of piperidine rings is 1. The number of nitrogens with zero attached hydrogens (tertiary/aromatic N) is 1. The van der Waals surface area contributed by atoms with Gasteiger partial charge in [0.1, 0.15) is 0 Å². The zero-order valence-corrected chi connectivity index (χ0v) is 12.7. The molecular formula is C18H23NO2. The SMILES string of the molecule is COC(=O)/C=C/[C@H]1[C@@H](c2ccccc2)C[C@@H]2CC[C@H]1N2C. The molecule has 0 aliphatic carbocycles. The van der Waals surface area contributed by atoms with Crippen LogP contribution in [0.15, 0.2) is 42.5 Å². The monoisotopic (exact) mass is 285 g/mol. The van der Waals surface area contributed by atoms with Gasteiger partial charge in [0.25, 0.3) is 0 Å². The molecule has 4 atom stereocenters. The highest BCUT2D eigenvalue weighted by Crippen LogP contribution is 2.46. The number of fused-ring (bicyclic) bond motifs is 2. The Balaban J connectivity index is 1.89. The van der Waals surface area contributed by atoms with Gasteiger partial charge in [0.2, 0.25) is 0 Å². The molecule has 0 unspecified atom stereocenters. The molecule has 0 amide bonds. The van der Waals surface area contributed by atoms with Crippen LogP contribution in [0.1, 0.15) is 30.7 Å². The van der Waals surface area contributed by atoms with Crippen LogP contribution in [0.2, 0.25) is 0 Å². The van der Waals surface area contributed by atoms with Crippen molar-refractivity contribution in [3.05, 3.63) is 48.0 Å². The van der Waals surface area contributed by atoms with E-state index < -0.39 is 0 Å². The summed E-state index contributed by atoms with van der Waals surface area (Å²) in [5.41, 5.74) is 1.39. The molecule has 2 heterocycles. The van der Waals surface area contributed by atoms with Gasteiger partial charge in [-0.15, -0.1) is 0 Å². The molecule has 0 spiro atoms. The highest BCUT2D eigenvalue weighted by molar-refractivity contribution is 5.81. The van der Waals surface area contributed by atoms with E-state index >= 15 is 0 Å². The summed E-state index contributed by atoms with van der Waals surface area (Å²) in [5.74, 6) is 0.626. The summed E-state index contributed by atoms with van der Waals surface area (Å²) in [4.78, 5) is 14.0. The van der Waals surface area contributed by atoms with Crippen LogP contribution < -0.4 is 0 Å². The Kier molecular flexibility index (Phi) is 4.11. The van der Waals surface area contributed by atoms with E-state index in [1.54, 1.807) is 6.08 Å². The molecular weight excluding hydrogens is 262 g/mol. The highest BCUT2D eigenvalue weighted by Gasteiger charge is 2.44. The number of carbonyl (C=O) groups is 1. The van der Waals surface area contributed by atoms with Crippen LogP contribution in [0, 0.1) is 5.92 Å². The van der Waals surface area contributed by atoms with E-state index in [-0.39, 0.29) is 5.97 Å². The van der Waals surface area contributed by atoms with Crippen LogP contribution >= 0.6 is 0 Å². The summed E-state index contributed by atoms with van der Waals surface area (Å²) >= 11 is 0. The van der Waals surface area contributed by atoms with Gasteiger partial charge in [-0.3, -0.25) is 4.90 Å². The molecule has 3 nitrogen and oxygen atoms in total. The van der Waals surface area contributed by atoms with Crippen molar-refractivity contribution in [3.8, 4) is 0 Å². The second kappa shape index (κ2) is 6.02. The maximum Gasteiger partial charge on any atom is 0.330 e. The number of methoxy groups -OCH3 is 1. The normalized spacial score (nSPS) is 32.5. The molecule has 21 heavy (non-hydrogen) atoms. The standard InChI is InChI=1S/C18H23NO2/c1-19-14-8-10-17(19)15(9-11-18(20)21-2)16(12-14)13-6-4-3-5-7-13/h3-7,9,11,14-17H,8,10,12H2,1-2H3/b11-9+/t14-,15-,16+,17+/m0/s1. The third-order valence-corrected chi connectivity index (χ3v) is 5.21. The van der Waals surface area contributed by atoms with Gasteiger partial charge >= 0.3 is 5.97 Å². The number of ether oxygens (including phenoxy) is 1. The summed E-state index contributed by atoms with van der Waals surface area (Å²) < 4.78 is 4.75. The first kappa shape index (κ1) is 14.3. The largest absolute Gasteiger partial charge is 0.466 e. The summed E-state index contributed by atoms with van der Waals surface area (Å²) in [5, 5.41) is 0. The predicted molar refractivity (Wildman–Crippen MR) is 83.0 cm³/mol. The first-order valence-electron chi connectivity index (χ1n) is 7.73. The van der Waals surface area contributed by atoms with Crippen LogP contribution in [0.5, 0.6) is 0 Å². The maximum absolute atomic E-state index is 11.5. The van der Waals surface area contributed by atoms with Crippen molar-refractivity contribution in [1.29, 1.82) is 0 Å². The van der Waals surface area contributed by atoms with Crippen molar-refractivity contribution in [2.75, 3.05) is 14.2 Å². The van der Waals surface area contributed by atoms with Gasteiger partial charge in [-0.2, -0.15) is 0 Å². The number of carbonyl (C=O) groups excluding carboxylic acids is 1. The Morgan fingerprint density at radius 2 is 2.05 bits per heavy atom. The smallest absolute Gasteiger partial charge is 0.330 e. The molecule has 1 aromatic carbocycles. The van der Waals surface area contributed by atoms with Gasteiger partial charge < -0.3 is 4.74 Å². The van der Waals surface area contributed by atoms with E-state index in [0.717, 1.165) is 0 Å². The Bertz CT molecular complexity index is 525. The van der Waals surface area contributed by atoms with Crippen molar-refractivity contribution in [2.45, 2.75) is 37.3 Å². The number of benzene rings is 1. The lowest BCUT2D eigenvalue weighted by Gasteiger charge is -2.42. The molecule has 2 fully saturated rings. The minimum absolute atomic E-state index is 0.260. The first-order valence-corrected chi connectivity index (χ1v) is 7.73. The fourth-order valence-corrected chi connectivity index (χ4v) is 4.09. The molecule has 0 aromatic heterocycles. The van der Waals surface area contributed by atoms with Gasteiger partial charge in [-0.05, 0) is 43.7 Å². The van der Waals surface area contributed by atoms with Crippen LogP contribution in [-0.4, -0.2) is 37.1 Å². The van der Waals surface area contributed by atoms with Gasteiger partial charge in [-0.25, -0.2) is 4.79 Å². The zero-order valence-electron chi connectivity index (χ0n) is 12.7. The fraction of sp³-hybridized carbons (Fsp3) is 0.500. The Labute approximate surface area is 126 Å². The molecule has 2 aliphatic heterocycles. The van der Waals surface area contributed by atoms with Crippen LogP contribution in [0.4, 0.5) is 0 Å². The summed E-state index contributed by atoms with van der Waals surface area (Å²) in [6, 6.07) is 11.9. The van der Waals surface area contributed by atoms with Crippen LogP contribution in [0.3, 0.4) is 0 Å². The first-order chi connectivity index (χ1) is 10.2. The second-order valence-electron chi connectivity index (χ2n) is 6.18. The van der Waals surface area contributed by atoms with Crippen molar-refractivity contribution < 1.29 is 9.53 Å². The Hall–Kier alpha value is -1.61. The average Bonchev–Trinajstić information content (AvgIpc) is 2.77. The molecule has 2 saturated heterocycles. The lowest BCUT2D eigenvalue weighted by Crippen LogP contribution is -2.45. The summed E-state index contributed by atoms with van der Waals surface area (Å²) in [6.45, 7) is 0. The molecule has 112 valence electrons. The van der Waals surface area contributed by atoms with E-state index in [2.05, 4.69) is 48.4 Å². The van der Waals surface area contributed by atoms with E-state index in [4.69, 9.17) is 4.74 Å². The molecule has 3 rings (SSSR count). The van der Waals surface area contributed by atoms with Gasteiger partial charge in [0, 0.05) is 18.2 Å². The molecule has 2 aliphatic rings. The zero-order chi connectivity index (χ0) is 14.8. The van der Waals surface area contributed by atoms with Crippen molar-refractivity contribution >= 4 is 5.97 Å².